The van der Waals surface area contributed by atoms with Gasteiger partial charge in [0.2, 0.25) is 0 Å². The number of hydrogen-bond acceptors (Lipinski definition) is 5. The van der Waals surface area contributed by atoms with Crippen LogP contribution in [0.15, 0.2) is 21.3 Å². The van der Waals surface area contributed by atoms with E-state index in [0.29, 0.717) is 22.1 Å². The molecule has 0 amide bonds. The quantitative estimate of drug-likeness (QED) is 0.146. The number of carboxylic acids is 1. The first-order chi connectivity index (χ1) is 17.4. The zero-order valence-corrected chi connectivity index (χ0v) is 30.7. The summed E-state index contributed by atoms with van der Waals surface area (Å²) >= 11 is 25.3. The normalized spacial score (nSPS) is 10.1. The van der Waals surface area contributed by atoms with Crippen LogP contribution in [0.3, 0.4) is 0 Å². The van der Waals surface area contributed by atoms with Gasteiger partial charge in [-0.1, -0.05) is 85.4 Å². The van der Waals surface area contributed by atoms with Gasteiger partial charge in [-0.3, -0.25) is 4.79 Å². The molecule has 0 radical (unpaired) electrons. The molecule has 0 fully saturated rings. The van der Waals surface area contributed by atoms with Crippen molar-refractivity contribution in [3.05, 3.63) is 70.3 Å². The maximum atomic E-state index is 12.7. The molecule has 2 aromatic carbocycles. The van der Waals surface area contributed by atoms with E-state index in [2.05, 4.69) is 0 Å². The predicted octanol–water partition coefficient (Wildman–Crippen LogP) is 1.91. The van der Waals surface area contributed by atoms with E-state index >= 15 is 0 Å². The van der Waals surface area contributed by atoms with Crippen molar-refractivity contribution in [1.29, 1.82) is 0 Å². The van der Waals surface area contributed by atoms with Gasteiger partial charge in [-0.05, 0) is 51.0 Å². The number of carboxylic acid groups (broad SMARTS) is 1. The topological polar surface area (TPSA) is 93.4 Å². The van der Waals surface area contributed by atoms with E-state index in [0.717, 1.165) is 0 Å². The number of aryl methyl sites for hydroxylation is 3. The van der Waals surface area contributed by atoms with Crippen LogP contribution < -0.4 is 74.8 Å². The Hall–Kier alpha value is -0.440. The van der Waals surface area contributed by atoms with Crippen LogP contribution in [-0.4, -0.2) is 5.97 Å². The molecule has 0 unspecified atom stereocenters. The van der Waals surface area contributed by atoms with Crippen LogP contribution in [0.2, 0.25) is 20.1 Å². The Kier molecular flexibility index (Phi) is 15.5. The molecular weight excluding hydrogens is 604 g/mol. The van der Waals surface area contributed by atoms with Crippen molar-refractivity contribution >= 4 is 63.3 Å². The summed E-state index contributed by atoms with van der Waals surface area (Å²) < 4.78 is 6.07. The Balaban J connectivity index is 0.00000230. The third-order valence-corrected chi connectivity index (χ3v) is 7.56. The van der Waals surface area contributed by atoms with Gasteiger partial charge in [-0.2, -0.15) is 0 Å². The first-order valence-corrected chi connectivity index (χ1v) is 13.1. The van der Waals surface area contributed by atoms with Gasteiger partial charge < -0.3 is 19.4 Å². The molecular formula is C28H26Cl4Na2O5. The number of carbonyl (C=O) groups excluding carboxylic acids is 1. The van der Waals surface area contributed by atoms with Crippen LogP contribution in [0.4, 0.5) is 0 Å². The maximum absolute atomic E-state index is 12.7. The van der Waals surface area contributed by atoms with Crippen molar-refractivity contribution in [2.45, 2.75) is 55.4 Å². The van der Waals surface area contributed by atoms with Gasteiger partial charge >= 0.3 is 59.1 Å². The second-order valence-electron chi connectivity index (χ2n) is 7.82. The van der Waals surface area contributed by atoms with E-state index in [1.54, 1.807) is 39.8 Å². The number of fused-ring (bicyclic) bond motifs is 2. The van der Waals surface area contributed by atoms with Crippen molar-refractivity contribution in [2.75, 3.05) is 0 Å². The first-order valence-electron chi connectivity index (χ1n) is 11.6. The van der Waals surface area contributed by atoms with Crippen LogP contribution in [0.5, 0.6) is 5.75 Å². The zero-order valence-electron chi connectivity index (χ0n) is 23.7. The van der Waals surface area contributed by atoms with Crippen molar-refractivity contribution < 1.29 is 78.5 Å². The molecule has 0 saturated heterocycles. The fourth-order valence-corrected chi connectivity index (χ4v) is 5.13. The van der Waals surface area contributed by atoms with Gasteiger partial charge in [0.05, 0.1) is 26.1 Å². The predicted molar refractivity (Wildman–Crippen MR) is 150 cm³/mol. The van der Waals surface area contributed by atoms with Crippen LogP contribution in [0, 0.1) is 27.7 Å². The van der Waals surface area contributed by atoms with Crippen LogP contribution in [0.1, 0.15) is 60.3 Å². The molecule has 0 N–H and O–H groups in total. The Labute approximate surface area is 292 Å². The van der Waals surface area contributed by atoms with E-state index in [4.69, 9.17) is 50.8 Å². The van der Waals surface area contributed by atoms with Crippen molar-refractivity contribution in [3.63, 3.8) is 0 Å². The molecule has 2 aromatic rings. The molecule has 1 heterocycles. The van der Waals surface area contributed by atoms with Crippen LogP contribution in [0.25, 0.3) is 33.4 Å². The third kappa shape index (κ3) is 6.80. The van der Waals surface area contributed by atoms with Crippen molar-refractivity contribution in [2.24, 2.45) is 0 Å². The molecule has 0 atom stereocenters. The summed E-state index contributed by atoms with van der Waals surface area (Å²) in [5.41, 5.74) is 1.50. The molecule has 4 rings (SSSR count). The zero-order chi connectivity index (χ0) is 28.5. The van der Waals surface area contributed by atoms with Gasteiger partial charge in [0.15, 0.2) is 5.43 Å². The average Bonchev–Trinajstić information content (AvgIpc) is 2.88. The standard InChI is InChI=1S/C24H16Cl4O5.2C2H6.2Na/c1-7-5-11-13(14-15(24(31)32)17(26)19(28)18(27)16(14)25)12-6-8(2)21(30)10(4)23(12)33-22(11)9(3)20(7)29;2*1-2;;/h5-6,29H,1-4H3,(H,31,32);2*1-2H3;;/q;;;2*+1/p-2. The van der Waals surface area contributed by atoms with Crippen LogP contribution in [-0.2, 0) is 0 Å². The number of halogens is 4. The number of benzene rings is 3. The summed E-state index contributed by atoms with van der Waals surface area (Å²) in [6, 6.07) is 3.15. The monoisotopic (exact) mass is 628 g/mol. The Bertz CT molecular complexity index is 1570. The molecule has 1 aliphatic heterocycles. The summed E-state index contributed by atoms with van der Waals surface area (Å²) in [7, 11) is 0. The molecule has 0 aromatic heterocycles. The molecule has 1 aliphatic carbocycles. The number of rotatable bonds is 2. The fourth-order valence-electron chi connectivity index (χ4n) is 4.11. The van der Waals surface area contributed by atoms with E-state index in [9.17, 15) is 19.8 Å². The average molecular weight is 630 g/mol. The smallest absolute Gasteiger partial charge is 0.872 e. The summed E-state index contributed by atoms with van der Waals surface area (Å²) in [5, 5.41) is 24.4. The Morgan fingerprint density at radius 1 is 0.769 bits per heavy atom. The Morgan fingerprint density at radius 2 is 1.28 bits per heavy atom. The second kappa shape index (κ2) is 15.7. The first kappa shape index (κ1) is 38.6. The minimum Gasteiger partial charge on any atom is -0.872 e. The minimum absolute atomic E-state index is 0. The molecule has 39 heavy (non-hydrogen) atoms. The second-order valence-corrected chi connectivity index (χ2v) is 9.33. The largest absolute Gasteiger partial charge is 1.00 e. The summed E-state index contributed by atoms with van der Waals surface area (Å²) in [6.07, 6.45) is 0. The van der Waals surface area contributed by atoms with Crippen molar-refractivity contribution in [1.82, 2.24) is 0 Å². The van der Waals surface area contributed by atoms with Crippen LogP contribution >= 0.6 is 46.4 Å². The van der Waals surface area contributed by atoms with E-state index < -0.39 is 11.5 Å². The molecule has 0 bridgehead atoms. The third-order valence-electron chi connectivity index (χ3n) is 5.75. The van der Waals surface area contributed by atoms with Gasteiger partial charge in [-0.15, -0.1) is 0 Å². The van der Waals surface area contributed by atoms with Gasteiger partial charge in [0, 0.05) is 33.2 Å². The SMILES string of the molecule is CC.CC.Cc1cc2c(-c3c(Cl)c(Cl)c(Cl)c(Cl)c3C(=O)[O-])c3cc(C)c(=O)c(C)c-3oc2c(C)c1[O-].[Na+].[Na+]. The van der Waals surface area contributed by atoms with Gasteiger partial charge in [0.1, 0.15) is 11.3 Å². The molecule has 0 saturated carbocycles. The van der Waals surface area contributed by atoms with Gasteiger partial charge in [-0.25, -0.2) is 0 Å². The summed E-state index contributed by atoms with van der Waals surface area (Å²) in [4.78, 5) is 24.9. The van der Waals surface area contributed by atoms with E-state index in [1.807, 2.05) is 27.7 Å². The molecule has 2 aliphatic rings. The van der Waals surface area contributed by atoms with E-state index in [1.165, 1.54) is 0 Å². The molecule has 198 valence electrons. The molecule has 0 spiro atoms. The maximum Gasteiger partial charge on any atom is 1.00 e. The summed E-state index contributed by atoms with van der Waals surface area (Å²) in [6.45, 7) is 14.4. The fraction of sp³-hybridized carbons (Fsp3) is 0.286. The number of hydrogen-bond donors (Lipinski definition) is 0. The molecule has 5 nitrogen and oxygen atoms in total. The van der Waals surface area contributed by atoms with E-state index in [-0.39, 0.29) is 124 Å². The van der Waals surface area contributed by atoms with Gasteiger partial charge in [0.25, 0.3) is 0 Å². The van der Waals surface area contributed by atoms with Crippen molar-refractivity contribution in [3.8, 4) is 28.2 Å². The number of aromatic carboxylic acids is 1. The number of carbonyl (C=O) groups is 1. The Morgan fingerprint density at radius 3 is 1.79 bits per heavy atom. The summed E-state index contributed by atoms with van der Waals surface area (Å²) in [5.74, 6) is -1.69. The minimum atomic E-state index is -1.62. The molecule has 11 heteroatoms.